The fourth-order valence-corrected chi connectivity index (χ4v) is 2.26. The molecular formula is C17H14F4N2O2. The molecule has 8 heteroatoms. The highest BCUT2D eigenvalue weighted by atomic mass is 19.4. The van der Waals surface area contributed by atoms with Crippen LogP contribution in [0.15, 0.2) is 48.8 Å². The number of halogens is 4. The van der Waals surface area contributed by atoms with E-state index in [2.05, 4.69) is 17.2 Å². The Labute approximate surface area is 141 Å². The molecule has 0 amide bonds. The minimum atomic E-state index is -4.57. The van der Waals surface area contributed by atoms with Gasteiger partial charge < -0.3 is 20.1 Å². The lowest BCUT2D eigenvalue weighted by Gasteiger charge is -2.14. The molecule has 2 N–H and O–H groups in total. The van der Waals surface area contributed by atoms with Crippen molar-refractivity contribution >= 4 is 5.69 Å². The highest BCUT2D eigenvalue weighted by Crippen LogP contribution is 2.34. The monoisotopic (exact) mass is 354 g/mol. The number of hydrogen-bond acceptors (Lipinski definition) is 4. The lowest BCUT2D eigenvalue weighted by atomic mass is 10.1. The standard InChI is InChI=1S/C17H14F4N2O2/c1-10(23-13-4-5-15-16(7-13)25-9-24-15)22-8-11-2-3-12(6-14(11)18)17(19,20)21/h2-7,22-23H,1,8-9H2. The van der Waals surface area contributed by atoms with Crippen molar-refractivity contribution in [3.05, 3.63) is 65.7 Å². The average Bonchev–Trinajstić information content (AvgIpc) is 3.00. The summed E-state index contributed by atoms with van der Waals surface area (Å²) in [4.78, 5) is 0. The predicted octanol–water partition coefficient (Wildman–Crippen LogP) is 4.25. The summed E-state index contributed by atoms with van der Waals surface area (Å²) >= 11 is 0. The third-order valence-corrected chi connectivity index (χ3v) is 3.54. The third-order valence-electron chi connectivity index (χ3n) is 3.54. The van der Waals surface area contributed by atoms with Crippen LogP contribution in [-0.4, -0.2) is 6.79 Å². The average molecular weight is 354 g/mol. The molecule has 0 aromatic heterocycles. The van der Waals surface area contributed by atoms with Crippen LogP contribution in [0.5, 0.6) is 11.5 Å². The smallest absolute Gasteiger partial charge is 0.416 e. The van der Waals surface area contributed by atoms with Gasteiger partial charge in [-0.15, -0.1) is 0 Å². The molecule has 0 saturated heterocycles. The Bertz CT molecular complexity index is 806. The molecule has 0 unspecified atom stereocenters. The second-order valence-electron chi connectivity index (χ2n) is 5.33. The van der Waals surface area contributed by atoms with Crippen molar-refractivity contribution < 1.29 is 27.0 Å². The van der Waals surface area contributed by atoms with Crippen molar-refractivity contribution in [3.8, 4) is 11.5 Å². The number of alkyl halides is 3. The molecule has 1 heterocycles. The first kappa shape index (κ1) is 16.9. The molecule has 0 aliphatic carbocycles. The molecule has 132 valence electrons. The van der Waals surface area contributed by atoms with Gasteiger partial charge in [-0.2, -0.15) is 13.2 Å². The summed E-state index contributed by atoms with van der Waals surface area (Å²) in [5.74, 6) is 0.652. The number of fused-ring (bicyclic) bond motifs is 1. The van der Waals surface area contributed by atoms with Gasteiger partial charge in [0.25, 0.3) is 0 Å². The fourth-order valence-electron chi connectivity index (χ4n) is 2.26. The number of anilines is 1. The Balaban J connectivity index is 1.59. The van der Waals surface area contributed by atoms with E-state index in [1.54, 1.807) is 18.2 Å². The van der Waals surface area contributed by atoms with E-state index in [0.29, 0.717) is 29.1 Å². The number of ether oxygens (including phenoxy) is 2. The second kappa shape index (κ2) is 6.54. The van der Waals surface area contributed by atoms with Crippen LogP contribution in [0.25, 0.3) is 0 Å². The molecule has 0 fully saturated rings. The van der Waals surface area contributed by atoms with Gasteiger partial charge >= 0.3 is 6.18 Å². The van der Waals surface area contributed by atoms with Crippen LogP contribution < -0.4 is 20.1 Å². The van der Waals surface area contributed by atoms with Gasteiger partial charge in [0, 0.05) is 23.9 Å². The Morgan fingerprint density at radius 2 is 1.84 bits per heavy atom. The fraction of sp³-hybridized carbons (Fsp3) is 0.176. The Kier molecular flexibility index (Phi) is 4.43. The summed E-state index contributed by atoms with van der Waals surface area (Å²) in [6.07, 6.45) is -4.57. The Hall–Kier alpha value is -2.90. The van der Waals surface area contributed by atoms with Crippen molar-refractivity contribution in [2.24, 2.45) is 0 Å². The van der Waals surface area contributed by atoms with E-state index in [9.17, 15) is 17.6 Å². The van der Waals surface area contributed by atoms with E-state index in [1.807, 2.05) is 0 Å². The molecule has 4 nitrogen and oxygen atoms in total. The minimum absolute atomic E-state index is 0.0135. The molecule has 1 aliphatic rings. The first-order chi connectivity index (χ1) is 11.8. The summed E-state index contributed by atoms with van der Waals surface area (Å²) in [5.41, 5.74) is -0.248. The third kappa shape index (κ3) is 3.96. The van der Waals surface area contributed by atoms with Gasteiger partial charge in [-0.1, -0.05) is 12.6 Å². The first-order valence-corrected chi connectivity index (χ1v) is 7.28. The summed E-state index contributed by atoms with van der Waals surface area (Å²) in [6.45, 7) is 3.89. The zero-order chi connectivity index (χ0) is 18.0. The second-order valence-corrected chi connectivity index (χ2v) is 5.33. The Morgan fingerprint density at radius 1 is 1.08 bits per heavy atom. The quantitative estimate of drug-likeness (QED) is 0.788. The van der Waals surface area contributed by atoms with E-state index < -0.39 is 17.6 Å². The number of hydrogen-bond donors (Lipinski definition) is 2. The number of nitrogens with one attached hydrogen (secondary N) is 2. The highest BCUT2D eigenvalue weighted by molar-refractivity contribution is 5.57. The van der Waals surface area contributed by atoms with Crippen LogP contribution in [0.1, 0.15) is 11.1 Å². The summed E-state index contributed by atoms with van der Waals surface area (Å²) in [6, 6.07) is 7.61. The molecule has 2 aromatic rings. The van der Waals surface area contributed by atoms with Crippen LogP contribution in [0.2, 0.25) is 0 Å². The van der Waals surface area contributed by atoms with Crippen LogP contribution in [0.4, 0.5) is 23.2 Å². The zero-order valence-corrected chi connectivity index (χ0v) is 12.9. The van der Waals surface area contributed by atoms with Crippen molar-refractivity contribution in [3.63, 3.8) is 0 Å². The maximum Gasteiger partial charge on any atom is 0.416 e. The molecular weight excluding hydrogens is 340 g/mol. The van der Waals surface area contributed by atoms with Gasteiger partial charge in [-0.25, -0.2) is 4.39 Å². The molecule has 0 atom stereocenters. The molecule has 0 spiro atoms. The van der Waals surface area contributed by atoms with Gasteiger partial charge in [0.05, 0.1) is 11.4 Å². The molecule has 2 aromatic carbocycles. The van der Waals surface area contributed by atoms with Gasteiger partial charge in [0.2, 0.25) is 6.79 Å². The molecule has 25 heavy (non-hydrogen) atoms. The maximum absolute atomic E-state index is 13.8. The Morgan fingerprint density at radius 3 is 2.56 bits per heavy atom. The molecule has 0 saturated carbocycles. The van der Waals surface area contributed by atoms with Crippen molar-refractivity contribution in [1.82, 2.24) is 5.32 Å². The maximum atomic E-state index is 13.8. The van der Waals surface area contributed by atoms with Gasteiger partial charge in [-0.05, 0) is 24.3 Å². The normalized spacial score (nSPS) is 12.8. The van der Waals surface area contributed by atoms with Crippen LogP contribution in [0.3, 0.4) is 0 Å². The summed E-state index contributed by atoms with van der Waals surface area (Å²) in [7, 11) is 0. The summed E-state index contributed by atoms with van der Waals surface area (Å²) in [5, 5.41) is 5.77. The minimum Gasteiger partial charge on any atom is -0.454 e. The van der Waals surface area contributed by atoms with Gasteiger partial charge in [0.1, 0.15) is 5.82 Å². The van der Waals surface area contributed by atoms with Gasteiger partial charge in [-0.3, -0.25) is 0 Å². The summed E-state index contributed by atoms with van der Waals surface area (Å²) < 4.78 is 61.8. The SMILES string of the molecule is C=C(NCc1ccc(C(F)(F)F)cc1F)Nc1ccc2c(c1)OCO2. The number of rotatable bonds is 5. The van der Waals surface area contributed by atoms with Crippen LogP contribution >= 0.6 is 0 Å². The molecule has 0 bridgehead atoms. The van der Waals surface area contributed by atoms with Crippen molar-refractivity contribution in [2.45, 2.75) is 12.7 Å². The highest BCUT2D eigenvalue weighted by Gasteiger charge is 2.31. The van der Waals surface area contributed by atoms with Crippen LogP contribution in [-0.2, 0) is 12.7 Å². The first-order valence-electron chi connectivity index (χ1n) is 7.28. The van der Waals surface area contributed by atoms with Gasteiger partial charge in [0.15, 0.2) is 11.5 Å². The van der Waals surface area contributed by atoms with Crippen LogP contribution in [0, 0.1) is 5.82 Å². The molecule has 1 aliphatic heterocycles. The predicted molar refractivity (Wildman–Crippen MR) is 83.6 cm³/mol. The van der Waals surface area contributed by atoms with E-state index >= 15 is 0 Å². The van der Waals surface area contributed by atoms with E-state index in [4.69, 9.17) is 9.47 Å². The number of benzene rings is 2. The molecule has 3 rings (SSSR count). The lowest BCUT2D eigenvalue weighted by molar-refractivity contribution is -0.137. The van der Waals surface area contributed by atoms with E-state index in [0.717, 1.165) is 12.1 Å². The van der Waals surface area contributed by atoms with E-state index in [1.165, 1.54) is 0 Å². The van der Waals surface area contributed by atoms with Crippen molar-refractivity contribution in [1.29, 1.82) is 0 Å². The zero-order valence-electron chi connectivity index (χ0n) is 12.9. The topological polar surface area (TPSA) is 42.5 Å². The largest absolute Gasteiger partial charge is 0.454 e. The van der Waals surface area contributed by atoms with Crippen molar-refractivity contribution in [2.75, 3.05) is 12.1 Å². The van der Waals surface area contributed by atoms with E-state index in [-0.39, 0.29) is 18.9 Å². The molecule has 0 radical (unpaired) electrons. The lowest BCUT2D eigenvalue weighted by Crippen LogP contribution is -2.19.